The van der Waals surface area contributed by atoms with Crippen LogP contribution in [0.3, 0.4) is 0 Å². The van der Waals surface area contributed by atoms with Gasteiger partial charge in [-0.3, -0.25) is 4.98 Å². The van der Waals surface area contributed by atoms with Crippen LogP contribution in [0.4, 0.5) is 0 Å². The fraction of sp³-hybridized carbons (Fsp3) is 0.533. The molecule has 0 amide bonds. The second kappa shape index (κ2) is 4.01. The molecule has 0 radical (unpaired) electrons. The van der Waals surface area contributed by atoms with Crippen molar-refractivity contribution >= 4 is 10.9 Å². The number of aromatic nitrogens is 3. The highest BCUT2D eigenvalue weighted by Crippen LogP contribution is 2.32. The maximum Gasteiger partial charge on any atom is 0.116 e. The van der Waals surface area contributed by atoms with Crippen LogP contribution in [-0.2, 0) is 10.8 Å². The van der Waals surface area contributed by atoms with E-state index in [1.165, 1.54) is 5.56 Å². The lowest BCUT2D eigenvalue weighted by Crippen LogP contribution is -2.18. The minimum atomic E-state index is -0.000617. The molecule has 0 N–H and O–H groups in total. The van der Waals surface area contributed by atoms with Crippen LogP contribution in [0, 0.1) is 0 Å². The molecule has 0 aliphatic heterocycles. The van der Waals surface area contributed by atoms with Gasteiger partial charge >= 0.3 is 0 Å². The SMILES string of the molecule is CC(C)(C)c1ncc(C(C)(C)C)c2ncncc12. The Kier molecular flexibility index (Phi) is 2.88. The predicted molar refractivity (Wildman–Crippen MR) is 74.7 cm³/mol. The van der Waals surface area contributed by atoms with E-state index in [0.717, 1.165) is 16.6 Å². The van der Waals surface area contributed by atoms with Gasteiger partial charge in [0.1, 0.15) is 6.33 Å². The molecule has 0 aliphatic carbocycles. The van der Waals surface area contributed by atoms with Crippen LogP contribution in [0.25, 0.3) is 10.9 Å². The third kappa shape index (κ3) is 2.22. The van der Waals surface area contributed by atoms with Crippen molar-refractivity contribution < 1.29 is 0 Å². The maximum absolute atomic E-state index is 4.66. The normalized spacial score (nSPS) is 13.0. The van der Waals surface area contributed by atoms with Gasteiger partial charge in [0, 0.05) is 28.8 Å². The van der Waals surface area contributed by atoms with Crippen molar-refractivity contribution in [2.45, 2.75) is 52.4 Å². The lowest BCUT2D eigenvalue weighted by atomic mass is 9.83. The Bertz CT molecular complexity index is 522. The Morgan fingerprint density at radius 2 is 1.50 bits per heavy atom. The zero-order chi connectivity index (χ0) is 13.6. The Hall–Kier alpha value is -1.51. The van der Waals surface area contributed by atoms with Gasteiger partial charge in [-0.1, -0.05) is 41.5 Å². The van der Waals surface area contributed by atoms with Gasteiger partial charge in [0.2, 0.25) is 0 Å². The third-order valence-electron chi connectivity index (χ3n) is 3.06. The maximum atomic E-state index is 4.66. The molecule has 0 saturated heterocycles. The largest absolute Gasteiger partial charge is 0.260 e. The molecule has 0 fully saturated rings. The summed E-state index contributed by atoms with van der Waals surface area (Å²) in [6.07, 6.45) is 5.46. The molecular formula is C15H21N3. The smallest absolute Gasteiger partial charge is 0.116 e. The van der Waals surface area contributed by atoms with Gasteiger partial charge in [-0.15, -0.1) is 0 Å². The number of rotatable bonds is 0. The molecule has 96 valence electrons. The van der Waals surface area contributed by atoms with Crippen LogP contribution < -0.4 is 0 Å². The van der Waals surface area contributed by atoms with Crippen molar-refractivity contribution in [3.05, 3.63) is 30.0 Å². The summed E-state index contributed by atoms with van der Waals surface area (Å²) in [6.45, 7) is 13.0. The van der Waals surface area contributed by atoms with E-state index in [4.69, 9.17) is 0 Å². The van der Waals surface area contributed by atoms with E-state index in [1.807, 2.05) is 12.4 Å². The van der Waals surface area contributed by atoms with E-state index in [1.54, 1.807) is 6.33 Å². The number of fused-ring (bicyclic) bond motifs is 1. The summed E-state index contributed by atoms with van der Waals surface area (Å²) in [4.78, 5) is 13.3. The number of nitrogens with zero attached hydrogens (tertiary/aromatic N) is 3. The van der Waals surface area contributed by atoms with Crippen molar-refractivity contribution in [2.24, 2.45) is 0 Å². The molecule has 2 aromatic heterocycles. The van der Waals surface area contributed by atoms with Crippen LogP contribution in [0.2, 0.25) is 0 Å². The van der Waals surface area contributed by atoms with Gasteiger partial charge in [-0.25, -0.2) is 9.97 Å². The Morgan fingerprint density at radius 3 is 2.06 bits per heavy atom. The minimum absolute atomic E-state index is 0.000617. The van der Waals surface area contributed by atoms with Crippen molar-refractivity contribution in [1.29, 1.82) is 0 Å². The van der Waals surface area contributed by atoms with Crippen molar-refractivity contribution in [3.63, 3.8) is 0 Å². The summed E-state index contributed by atoms with van der Waals surface area (Å²) < 4.78 is 0. The predicted octanol–water partition coefficient (Wildman–Crippen LogP) is 3.62. The van der Waals surface area contributed by atoms with Crippen molar-refractivity contribution in [2.75, 3.05) is 0 Å². The van der Waals surface area contributed by atoms with E-state index >= 15 is 0 Å². The molecule has 2 rings (SSSR count). The average molecular weight is 243 g/mol. The molecule has 3 nitrogen and oxygen atoms in total. The van der Waals surface area contributed by atoms with Gasteiger partial charge < -0.3 is 0 Å². The van der Waals surface area contributed by atoms with Crippen LogP contribution in [0.5, 0.6) is 0 Å². The van der Waals surface area contributed by atoms with E-state index in [9.17, 15) is 0 Å². The highest BCUT2D eigenvalue weighted by Gasteiger charge is 2.24. The zero-order valence-electron chi connectivity index (χ0n) is 12.1. The molecule has 0 aromatic carbocycles. The monoisotopic (exact) mass is 243 g/mol. The summed E-state index contributed by atoms with van der Waals surface area (Å²) in [5.74, 6) is 0. The molecule has 0 atom stereocenters. The Morgan fingerprint density at radius 1 is 0.833 bits per heavy atom. The molecule has 0 unspecified atom stereocenters. The lowest BCUT2D eigenvalue weighted by molar-refractivity contribution is 0.564. The molecule has 0 spiro atoms. The average Bonchev–Trinajstić information content (AvgIpc) is 2.24. The van der Waals surface area contributed by atoms with Crippen LogP contribution in [0.1, 0.15) is 52.8 Å². The van der Waals surface area contributed by atoms with E-state index in [2.05, 4.69) is 56.5 Å². The Balaban J connectivity index is 2.83. The van der Waals surface area contributed by atoms with Gasteiger partial charge in [0.05, 0.1) is 11.2 Å². The first-order valence-electron chi connectivity index (χ1n) is 6.31. The fourth-order valence-corrected chi connectivity index (χ4v) is 2.12. The van der Waals surface area contributed by atoms with Gasteiger partial charge in [0.25, 0.3) is 0 Å². The minimum Gasteiger partial charge on any atom is -0.260 e. The molecule has 2 heterocycles. The summed E-state index contributed by atoms with van der Waals surface area (Å²) in [6, 6.07) is 0. The van der Waals surface area contributed by atoms with Crippen molar-refractivity contribution in [3.8, 4) is 0 Å². The lowest BCUT2D eigenvalue weighted by Gasteiger charge is -2.24. The van der Waals surface area contributed by atoms with Crippen LogP contribution in [0.15, 0.2) is 18.7 Å². The summed E-state index contributed by atoms with van der Waals surface area (Å²) in [5.41, 5.74) is 3.30. The first-order chi connectivity index (χ1) is 8.21. The summed E-state index contributed by atoms with van der Waals surface area (Å²) >= 11 is 0. The van der Waals surface area contributed by atoms with Crippen LogP contribution >= 0.6 is 0 Å². The van der Waals surface area contributed by atoms with E-state index < -0.39 is 0 Å². The fourth-order valence-electron chi connectivity index (χ4n) is 2.12. The first-order valence-corrected chi connectivity index (χ1v) is 6.31. The molecule has 2 aromatic rings. The second-order valence-electron chi connectivity index (χ2n) is 6.81. The topological polar surface area (TPSA) is 38.7 Å². The standard InChI is InChI=1S/C15H21N3/c1-14(2,3)11-8-17-13(15(4,5)6)10-7-16-9-18-12(10)11/h7-9H,1-6H3. The Labute approximate surface area is 109 Å². The molecule has 0 saturated carbocycles. The molecule has 0 aliphatic rings. The van der Waals surface area contributed by atoms with Gasteiger partial charge in [0.15, 0.2) is 0 Å². The number of hydrogen-bond donors (Lipinski definition) is 0. The van der Waals surface area contributed by atoms with E-state index in [-0.39, 0.29) is 10.8 Å². The highest BCUT2D eigenvalue weighted by atomic mass is 14.8. The van der Waals surface area contributed by atoms with Gasteiger partial charge in [-0.05, 0) is 5.41 Å². The number of pyridine rings is 1. The van der Waals surface area contributed by atoms with Crippen LogP contribution in [-0.4, -0.2) is 15.0 Å². The quantitative estimate of drug-likeness (QED) is 0.709. The van der Waals surface area contributed by atoms with Gasteiger partial charge in [-0.2, -0.15) is 0 Å². The highest BCUT2D eigenvalue weighted by molar-refractivity contribution is 5.84. The van der Waals surface area contributed by atoms with E-state index in [0.29, 0.717) is 0 Å². The molecule has 3 heteroatoms. The third-order valence-corrected chi connectivity index (χ3v) is 3.06. The molecular weight excluding hydrogens is 222 g/mol. The molecule has 18 heavy (non-hydrogen) atoms. The first kappa shape index (κ1) is 12.9. The second-order valence-corrected chi connectivity index (χ2v) is 6.81. The number of hydrogen-bond acceptors (Lipinski definition) is 3. The zero-order valence-corrected chi connectivity index (χ0v) is 12.1. The molecule has 0 bridgehead atoms. The summed E-state index contributed by atoms with van der Waals surface area (Å²) in [7, 11) is 0. The summed E-state index contributed by atoms with van der Waals surface area (Å²) in [5, 5.41) is 1.07. The van der Waals surface area contributed by atoms with Crippen molar-refractivity contribution in [1.82, 2.24) is 15.0 Å².